The lowest BCUT2D eigenvalue weighted by molar-refractivity contribution is -0.122. The number of benzene rings is 1. The van der Waals surface area contributed by atoms with Crippen molar-refractivity contribution in [1.82, 2.24) is 5.32 Å². The number of carbonyl (C=O) groups excluding carboxylic acids is 1. The number of amides is 1. The molecule has 3 N–H and O–H groups in total. The number of aryl methyl sites for hydroxylation is 1. The molecule has 1 aliphatic rings. The third-order valence-corrected chi connectivity index (χ3v) is 3.54. The highest BCUT2D eigenvalue weighted by Crippen LogP contribution is 2.22. The van der Waals surface area contributed by atoms with Crippen LogP contribution in [0.15, 0.2) is 18.2 Å². The summed E-state index contributed by atoms with van der Waals surface area (Å²) >= 11 is 0. The Hall–Kier alpha value is -1.30. The summed E-state index contributed by atoms with van der Waals surface area (Å²) in [6.45, 7) is 5.47. The van der Waals surface area contributed by atoms with Crippen molar-refractivity contribution < 1.29 is 14.3 Å². The van der Waals surface area contributed by atoms with Gasteiger partial charge in [0.15, 0.2) is 0 Å². The van der Waals surface area contributed by atoms with Crippen molar-refractivity contribution >= 4 is 18.3 Å². The second-order valence-electron chi connectivity index (χ2n) is 5.56. The van der Waals surface area contributed by atoms with Crippen LogP contribution in [0.2, 0.25) is 0 Å². The van der Waals surface area contributed by atoms with E-state index in [1.165, 1.54) is 0 Å². The smallest absolute Gasteiger partial charge is 0.236 e. The van der Waals surface area contributed by atoms with Crippen molar-refractivity contribution in [3.8, 4) is 5.75 Å². The summed E-state index contributed by atoms with van der Waals surface area (Å²) in [7, 11) is 0. The number of carbonyl (C=O) groups is 1. The first-order valence-corrected chi connectivity index (χ1v) is 7.43. The molecule has 1 amide bonds. The van der Waals surface area contributed by atoms with Crippen LogP contribution in [0.5, 0.6) is 5.75 Å². The molecule has 6 heteroatoms. The van der Waals surface area contributed by atoms with Crippen molar-refractivity contribution in [2.75, 3.05) is 13.2 Å². The molecule has 1 fully saturated rings. The van der Waals surface area contributed by atoms with Gasteiger partial charge >= 0.3 is 0 Å². The molecular formula is C16H25ClN2O3. The van der Waals surface area contributed by atoms with E-state index in [2.05, 4.69) is 5.32 Å². The van der Waals surface area contributed by atoms with Gasteiger partial charge in [0.05, 0.1) is 12.1 Å². The van der Waals surface area contributed by atoms with Crippen LogP contribution >= 0.6 is 12.4 Å². The molecule has 1 saturated heterocycles. The van der Waals surface area contributed by atoms with Crippen LogP contribution in [0.1, 0.15) is 30.9 Å². The fourth-order valence-electron chi connectivity index (χ4n) is 2.24. The van der Waals surface area contributed by atoms with Gasteiger partial charge in [-0.05, 0) is 38.3 Å². The average molecular weight is 329 g/mol. The van der Waals surface area contributed by atoms with E-state index < -0.39 is 6.04 Å². The predicted octanol–water partition coefficient (Wildman–Crippen LogP) is 1.94. The minimum absolute atomic E-state index is 0. The Morgan fingerprint density at radius 2 is 2.32 bits per heavy atom. The summed E-state index contributed by atoms with van der Waals surface area (Å²) in [6, 6.07) is 5.46. The number of ether oxygens (including phenoxy) is 2. The van der Waals surface area contributed by atoms with Gasteiger partial charge in [0.2, 0.25) is 5.91 Å². The fraction of sp³-hybridized carbons (Fsp3) is 0.562. The van der Waals surface area contributed by atoms with Crippen molar-refractivity contribution in [3.63, 3.8) is 0 Å². The lowest BCUT2D eigenvalue weighted by atomic mass is 10.1. The molecule has 1 aliphatic heterocycles. The van der Waals surface area contributed by atoms with Gasteiger partial charge in [-0.25, -0.2) is 0 Å². The Morgan fingerprint density at radius 1 is 1.55 bits per heavy atom. The highest BCUT2D eigenvalue weighted by Gasteiger charge is 2.17. The predicted molar refractivity (Wildman–Crippen MR) is 88.4 cm³/mol. The second kappa shape index (κ2) is 8.98. The number of nitrogens with two attached hydrogens (primary N) is 1. The van der Waals surface area contributed by atoms with E-state index in [0.29, 0.717) is 13.2 Å². The maximum Gasteiger partial charge on any atom is 0.236 e. The zero-order valence-corrected chi connectivity index (χ0v) is 13.9. The van der Waals surface area contributed by atoms with Gasteiger partial charge in [0.25, 0.3) is 0 Å². The van der Waals surface area contributed by atoms with E-state index in [1.807, 2.05) is 25.1 Å². The van der Waals surface area contributed by atoms with Crippen LogP contribution < -0.4 is 15.8 Å². The molecule has 1 unspecified atom stereocenters. The minimum atomic E-state index is -0.508. The first-order valence-electron chi connectivity index (χ1n) is 7.43. The van der Waals surface area contributed by atoms with Crippen LogP contribution in [-0.2, 0) is 16.1 Å². The maximum absolute atomic E-state index is 11.6. The molecule has 0 aliphatic carbocycles. The van der Waals surface area contributed by atoms with Crippen molar-refractivity contribution in [2.24, 2.45) is 5.73 Å². The Balaban J connectivity index is 0.00000242. The normalized spacial score (nSPS) is 18.4. The Morgan fingerprint density at radius 3 is 2.95 bits per heavy atom. The number of rotatable bonds is 6. The lowest BCUT2D eigenvalue weighted by Crippen LogP contribution is -2.37. The van der Waals surface area contributed by atoms with Gasteiger partial charge < -0.3 is 20.5 Å². The van der Waals surface area contributed by atoms with E-state index >= 15 is 0 Å². The lowest BCUT2D eigenvalue weighted by Gasteiger charge is -2.16. The fourth-order valence-corrected chi connectivity index (χ4v) is 2.24. The minimum Gasteiger partial charge on any atom is -0.491 e. The highest BCUT2D eigenvalue weighted by molar-refractivity contribution is 5.85. The molecule has 0 spiro atoms. The maximum atomic E-state index is 11.6. The molecule has 0 aromatic heterocycles. The molecule has 1 aromatic carbocycles. The molecule has 22 heavy (non-hydrogen) atoms. The third kappa shape index (κ3) is 5.48. The first kappa shape index (κ1) is 18.7. The topological polar surface area (TPSA) is 73.6 Å². The summed E-state index contributed by atoms with van der Waals surface area (Å²) in [4.78, 5) is 11.6. The Labute approximate surface area is 138 Å². The van der Waals surface area contributed by atoms with Crippen LogP contribution in [0.3, 0.4) is 0 Å². The van der Waals surface area contributed by atoms with Gasteiger partial charge in [-0.3, -0.25) is 4.79 Å². The SMILES string of the molecule is Cc1ccc(CNC(=O)[C@@H](C)N)c(OCC2CCCO2)c1.Cl. The zero-order valence-electron chi connectivity index (χ0n) is 13.1. The molecule has 2 rings (SSSR count). The van der Waals surface area contributed by atoms with Gasteiger partial charge in [0, 0.05) is 18.7 Å². The first-order chi connectivity index (χ1) is 10.1. The second-order valence-corrected chi connectivity index (χ2v) is 5.56. The van der Waals surface area contributed by atoms with Gasteiger partial charge in [-0.15, -0.1) is 12.4 Å². The van der Waals surface area contributed by atoms with Crippen LogP contribution in [0, 0.1) is 6.92 Å². The zero-order chi connectivity index (χ0) is 15.2. The monoisotopic (exact) mass is 328 g/mol. The highest BCUT2D eigenvalue weighted by atomic mass is 35.5. The third-order valence-electron chi connectivity index (χ3n) is 3.54. The molecule has 124 valence electrons. The standard InChI is InChI=1S/C16H24N2O3.ClH/c1-11-5-6-13(9-18-16(19)12(2)17)15(8-11)21-10-14-4-3-7-20-14;/h5-6,8,12,14H,3-4,7,9-10,17H2,1-2H3,(H,18,19);1H/t12-,14?;/m1./s1. The van der Waals surface area contributed by atoms with Crippen LogP contribution in [0.25, 0.3) is 0 Å². The van der Waals surface area contributed by atoms with Gasteiger partial charge in [-0.2, -0.15) is 0 Å². The number of halogens is 1. The summed E-state index contributed by atoms with van der Waals surface area (Å²) in [5, 5.41) is 2.81. The average Bonchev–Trinajstić information content (AvgIpc) is 2.96. The molecule has 5 nitrogen and oxygen atoms in total. The van der Waals surface area contributed by atoms with E-state index in [9.17, 15) is 4.79 Å². The molecule has 0 saturated carbocycles. The van der Waals surface area contributed by atoms with Crippen molar-refractivity contribution in [2.45, 2.75) is 45.4 Å². The number of hydrogen-bond donors (Lipinski definition) is 2. The van der Waals surface area contributed by atoms with Crippen molar-refractivity contribution in [1.29, 1.82) is 0 Å². The van der Waals surface area contributed by atoms with Gasteiger partial charge in [0.1, 0.15) is 12.4 Å². The van der Waals surface area contributed by atoms with E-state index in [-0.39, 0.29) is 24.4 Å². The largest absolute Gasteiger partial charge is 0.491 e. The van der Waals surface area contributed by atoms with Crippen LogP contribution in [0.4, 0.5) is 0 Å². The molecule has 2 atom stereocenters. The summed E-state index contributed by atoms with van der Waals surface area (Å²) in [5.41, 5.74) is 7.62. The van der Waals surface area contributed by atoms with Crippen molar-refractivity contribution in [3.05, 3.63) is 29.3 Å². The Kier molecular flexibility index (Phi) is 7.65. The molecule has 1 aromatic rings. The number of hydrogen-bond acceptors (Lipinski definition) is 4. The van der Waals surface area contributed by atoms with E-state index in [1.54, 1.807) is 6.92 Å². The summed E-state index contributed by atoms with van der Waals surface area (Å²) in [6.07, 6.45) is 2.32. The van der Waals surface area contributed by atoms with E-state index in [0.717, 1.165) is 36.3 Å². The molecule has 1 heterocycles. The van der Waals surface area contributed by atoms with Gasteiger partial charge in [-0.1, -0.05) is 12.1 Å². The number of nitrogens with one attached hydrogen (secondary N) is 1. The molecular weight excluding hydrogens is 304 g/mol. The molecule has 0 bridgehead atoms. The van der Waals surface area contributed by atoms with Crippen LogP contribution in [-0.4, -0.2) is 31.3 Å². The summed E-state index contributed by atoms with van der Waals surface area (Å²) in [5.74, 6) is 0.635. The molecule has 0 radical (unpaired) electrons. The van der Waals surface area contributed by atoms with E-state index in [4.69, 9.17) is 15.2 Å². The summed E-state index contributed by atoms with van der Waals surface area (Å²) < 4.78 is 11.5. The Bertz CT molecular complexity index is 488. The quantitative estimate of drug-likeness (QED) is 0.837.